The zero-order valence-corrected chi connectivity index (χ0v) is 17.2. The van der Waals surface area contributed by atoms with Crippen LogP contribution in [0.1, 0.15) is 23.0 Å². The lowest BCUT2D eigenvalue weighted by Gasteiger charge is -2.12. The molecule has 0 saturated carbocycles. The molecule has 3 aromatic rings. The van der Waals surface area contributed by atoms with Crippen molar-refractivity contribution in [2.75, 3.05) is 17.7 Å². The van der Waals surface area contributed by atoms with Crippen molar-refractivity contribution in [2.45, 2.75) is 13.8 Å². The Morgan fingerprint density at radius 3 is 2.46 bits per heavy atom. The zero-order chi connectivity index (χ0) is 20.3. The summed E-state index contributed by atoms with van der Waals surface area (Å²) in [5.74, 6) is -0.0310. The van der Waals surface area contributed by atoms with E-state index in [-0.39, 0.29) is 11.8 Å². The van der Waals surface area contributed by atoms with E-state index in [9.17, 15) is 9.59 Å². The second-order valence-corrected chi connectivity index (χ2v) is 7.00. The van der Waals surface area contributed by atoms with E-state index in [4.69, 9.17) is 4.74 Å². The minimum absolute atomic E-state index is 0.203. The highest BCUT2D eigenvalue weighted by Crippen LogP contribution is 2.28. The molecule has 0 atom stereocenters. The molecule has 0 radical (unpaired) electrons. The highest BCUT2D eigenvalue weighted by molar-refractivity contribution is 9.10. The van der Waals surface area contributed by atoms with Crippen molar-refractivity contribution < 1.29 is 14.3 Å². The van der Waals surface area contributed by atoms with E-state index in [1.54, 1.807) is 22.9 Å². The highest BCUT2D eigenvalue weighted by atomic mass is 79.9. The lowest BCUT2D eigenvalue weighted by Crippen LogP contribution is -2.13. The summed E-state index contributed by atoms with van der Waals surface area (Å²) in [6.45, 7) is 3.26. The van der Waals surface area contributed by atoms with Crippen molar-refractivity contribution in [3.63, 3.8) is 0 Å². The van der Waals surface area contributed by atoms with Crippen LogP contribution in [0.2, 0.25) is 0 Å². The Morgan fingerprint density at radius 2 is 1.82 bits per heavy atom. The molecule has 2 N–H and O–H groups in total. The molecule has 7 nitrogen and oxygen atoms in total. The Bertz CT molecular complexity index is 1030. The third kappa shape index (κ3) is 4.23. The molecule has 0 aliphatic carbocycles. The lowest BCUT2D eigenvalue weighted by atomic mass is 10.2. The van der Waals surface area contributed by atoms with Gasteiger partial charge in [-0.05, 0) is 43.3 Å². The average molecular weight is 443 g/mol. The third-order valence-corrected chi connectivity index (χ3v) is 4.62. The number of amides is 2. The van der Waals surface area contributed by atoms with Gasteiger partial charge < -0.3 is 15.4 Å². The molecule has 2 aromatic carbocycles. The van der Waals surface area contributed by atoms with Crippen LogP contribution in [0.4, 0.5) is 11.4 Å². The van der Waals surface area contributed by atoms with Crippen LogP contribution in [0.5, 0.6) is 5.75 Å². The smallest absolute Gasteiger partial charge is 0.259 e. The first kappa shape index (κ1) is 19.6. The van der Waals surface area contributed by atoms with E-state index in [0.29, 0.717) is 22.7 Å². The molecule has 0 bridgehead atoms. The average Bonchev–Trinajstić information content (AvgIpc) is 3.04. The van der Waals surface area contributed by atoms with Crippen LogP contribution in [0.3, 0.4) is 0 Å². The predicted molar refractivity (Wildman–Crippen MR) is 111 cm³/mol. The quantitative estimate of drug-likeness (QED) is 0.620. The molecule has 8 heteroatoms. The molecule has 0 aliphatic heterocycles. The van der Waals surface area contributed by atoms with Gasteiger partial charge in [-0.25, -0.2) is 4.68 Å². The fourth-order valence-electron chi connectivity index (χ4n) is 2.74. The predicted octanol–water partition coefficient (Wildman–Crippen LogP) is 4.16. The van der Waals surface area contributed by atoms with E-state index >= 15 is 0 Å². The molecule has 3 rings (SSSR count). The monoisotopic (exact) mass is 442 g/mol. The molecular formula is C20H19BrN4O3. The van der Waals surface area contributed by atoms with Gasteiger partial charge in [0.1, 0.15) is 5.75 Å². The molecular weight excluding hydrogens is 424 g/mol. The van der Waals surface area contributed by atoms with Crippen molar-refractivity contribution in [2.24, 2.45) is 0 Å². The summed E-state index contributed by atoms with van der Waals surface area (Å²) in [4.78, 5) is 24.0. The Labute approximate surface area is 170 Å². The number of carbonyl (C=O) groups is 2. The van der Waals surface area contributed by atoms with E-state index in [2.05, 4.69) is 31.7 Å². The number of ether oxygens (including phenoxy) is 1. The Hall–Kier alpha value is -3.13. The minimum Gasteiger partial charge on any atom is -0.494 e. The van der Waals surface area contributed by atoms with E-state index in [1.807, 2.05) is 31.2 Å². The van der Waals surface area contributed by atoms with Gasteiger partial charge in [0.2, 0.25) is 5.91 Å². The number of nitrogens with one attached hydrogen (secondary N) is 2. The van der Waals surface area contributed by atoms with Gasteiger partial charge >= 0.3 is 0 Å². The number of rotatable bonds is 5. The van der Waals surface area contributed by atoms with E-state index in [1.165, 1.54) is 20.2 Å². The molecule has 144 valence electrons. The minimum atomic E-state index is -0.282. The van der Waals surface area contributed by atoms with Gasteiger partial charge in [-0.15, -0.1) is 0 Å². The number of anilines is 2. The molecule has 1 heterocycles. The van der Waals surface area contributed by atoms with Crippen LogP contribution in [0.15, 0.2) is 53.1 Å². The van der Waals surface area contributed by atoms with Crippen LogP contribution in [-0.2, 0) is 4.79 Å². The molecule has 2 amide bonds. The van der Waals surface area contributed by atoms with E-state index in [0.717, 1.165) is 15.9 Å². The molecule has 0 fully saturated rings. The molecule has 0 saturated heterocycles. The standard InChI is InChI=1S/C20H19BrN4O3/c1-12-17(11-22-25(12)16-7-4-14(21)5-8-16)20(27)24-15-6-9-18(23-13(2)26)19(10-15)28-3/h4-11H,1-3H3,(H,23,26)(H,24,27). The Morgan fingerprint density at radius 1 is 1.11 bits per heavy atom. The summed E-state index contributed by atoms with van der Waals surface area (Å²) in [5.41, 5.74) is 3.13. The Kier molecular flexibility index (Phi) is 5.79. The number of aromatic nitrogens is 2. The van der Waals surface area contributed by atoms with Gasteiger partial charge in [-0.3, -0.25) is 9.59 Å². The number of carbonyl (C=O) groups excluding carboxylic acids is 2. The van der Waals surface area contributed by atoms with Crippen molar-refractivity contribution >= 4 is 39.1 Å². The number of nitrogens with zero attached hydrogens (tertiary/aromatic N) is 2. The van der Waals surface area contributed by atoms with Gasteiger partial charge in [0.15, 0.2) is 0 Å². The van der Waals surface area contributed by atoms with Crippen molar-refractivity contribution in [3.8, 4) is 11.4 Å². The van der Waals surface area contributed by atoms with Gasteiger partial charge in [-0.1, -0.05) is 15.9 Å². The zero-order valence-electron chi connectivity index (χ0n) is 15.6. The topological polar surface area (TPSA) is 85.2 Å². The molecule has 0 spiro atoms. The second-order valence-electron chi connectivity index (χ2n) is 6.08. The van der Waals surface area contributed by atoms with Crippen molar-refractivity contribution in [1.82, 2.24) is 9.78 Å². The van der Waals surface area contributed by atoms with Gasteiger partial charge in [0, 0.05) is 23.2 Å². The maximum atomic E-state index is 12.7. The first-order valence-electron chi connectivity index (χ1n) is 8.46. The van der Waals surface area contributed by atoms with Gasteiger partial charge in [0.25, 0.3) is 5.91 Å². The fraction of sp³-hybridized carbons (Fsp3) is 0.150. The highest BCUT2D eigenvalue weighted by Gasteiger charge is 2.16. The number of benzene rings is 2. The maximum absolute atomic E-state index is 12.7. The van der Waals surface area contributed by atoms with Crippen LogP contribution >= 0.6 is 15.9 Å². The first-order valence-corrected chi connectivity index (χ1v) is 9.26. The number of hydrogen-bond acceptors (Lipinski definition) is 4. The summed E-state index contributed by atoms with van der Waals surface area (Å²) in [7, 11) is 1.50. The second kappa shape index (κ2) is 8.26. The van der Waals surface area contributed by atoms with E-state index < -0.39 is 0 Å². The maximum Gasteiger partial charge on any atom is 0.259 e. The Balaban J connectivity index is 1.82. The molecule has 28 heavy (non-hydrogen) atoms. The SMILES string of the molecule is COc1cc(NC(=O)c2cnn(-c3ccc(Br)cc3)c2C)ccc1NC(C)=O. The fourth-order valence-corrected chi connectivity index (χ4v) is 3.00. The van der Waals surface area contributed by atoms with Crippen molar-refractivity contribution in [1.29, 1.82) is 0 Å². The molecule has 1 aromatic heterocycles. The summed E-state index contributed by atoms with van der Waals surface area (Å²) in [5, 5.41) is 9.84. The lowest BCUT2D eigenvalue weighted by molar-refractivity contribution is -0.114. The number of methoxy groups -OCH3 is 1. The van der Waals surface area contributed by atoms with Gasteiger partial charge in [0.05, 0.1) is 35.9 Å². The summed E-state index contributed by atoms with van der Waals surface area (Å²) < 4.78 is 7.96. The third-order valence-electron chi connectivity index (χ3n) is 4.10. The number of hydrogen-bond donors (Lipinski definition) is 2. The van der Waals surface area contributed by atoms with Crippen LogP contribution in [0, 0.1) is 6.92 Å². The summed E-state index contributed by atoms with van der Waals surface area (Å²) >= 11 is 3.40. The van der Waals surface area contributed by atoms with Crippen LogP contribution < -0.4 is 15.4 Å². The van der Waals surface area contributed by atoms with Crippen LogP contribution in [-0.4, -0.2) is 28.7 Å². The summed E-state index contributed by atoms with van der Waals surface area (Å²) in [6, 6.07) is 12.7. The van der Waals surface area contributed by atoms with Crippen molar-refractivity contribution in [3.05, 3.63) is 64.4 Å². The van der Waals surface area contributed by atoms with Gasteiger partial charge in [-0.2, -0.15) is 5.10 Å². The summed E-state index contributed by atoms with van der Waals surface area (Å²) in [6.07, 6.45) is 1.54. The number of halogens is 1. The largest absolute Gasteiger partial charge is 0.494 e. The first-order chi connectivity index (χ1) is 13.4. The normalized spacial score (nSPS) is 10.4. The van der Waals surface area contributed by atoms with Crippen LogP contribution in [0.25, 0.3) is 5.69 Å². The molecule has 0 aliphatic rings. The molecule has 0 unspecified atom stereocenters.